The Labute approximate surface area is 97.3 Å². The van der Waals surface area contributed by atoms with Crippen LogP contribution >= 0.6 is 22.9 Å². The van der Waals surface area contributed by atoms with Crippen LogP contribution in [-0.4, -0.2) is 17.6 Å². The Kier molecular flexibility index (Phi) is 2.11. The van der Waals surface area contributed by atoms with Gasteiger partial charge in [-0.05, 0) is 25.2 Å². The molecule has 2 aliphatic rings. The number of rotatable bonds is 1. The summed E-state index contributed by atoms with van der Waals surface area (Å²) >= 11 is 7.29. The van der Waals surface area contributed by atoms with E-state index in [2.05, 4.69) is 16.0 Å². The van der Waals surface area contributed by atoms with E-state index in [0.717, 1.165) is 17.6 Å². The van der Waals surface area contributed by atoms with Crippen molar-refractivity contribution in [2.24, 2.45) is 5.92 Å². The summed E-state index contributed by atoms with van der Waals surface area (Å²) in [5.74, 6) is 0.836. The van der Waals surface area contributed by atoms with Crippen molar-refractivity contribution in [1.29, 1.82) is 5.26 Å². The third-order valence-electron chi connectivity index (χ3n) is 3.33. The first kappa shape index (κ1) is 9.44. The third-order valence-corrected chi connectivity index (χ3v) is 4.71. The molecule has 15 heavy (non-hydrogen) atoms. The van der Waals surface area contributed by atoms with Crippen molar-refractivity contribution in [2.75, 3.05) is 11.4 Å². The van der Waals surface area contributed by atoms with E-state index in [-0.39, 0.29) is 0 Å². The maximum absolute atomic E-state index is 8.82. The molecule has 0 aromatic carbocycles. The van der Waals surface area contributed by atoms with Crippen LogP contribution in [0.2, 0.25) is 5.15 Å². The van der Waals surface area contributed by atoms with Crippen molar-refractivity contribution in [3.8, 4) is 6.07 Å². The molecule has 1 saturated carbocycles. The van der Waals surface area contributed by atoms with Gasteiger partial charge in [-0.2, -0.15) is 5.26 Å². The predicted octanol–water partition coefficient (Wildman–Crippen LogP) is 2.66. The number of piperidine rings is 1. The molecule has 3 nitrogen and oxygen atoms in total. The van der Waals surface area contributed by atoms with Crippen LogP contribution in [0.1, 0.15) is 24.1 Å². The average Bonchev–Trinajstić information content (AvgIpc) is 2.90. The molecular weight excluding hydrogens is 230 g/mol. The first-order valence-corrected chi connectivity index (χ1v) is 6.30. The lowest BCUT2D eigenvalue weighted by atomic mass is 10.1. The van der Waals surface area contributed by atoms with E-state index in [4.69, 9.17) is 16.9 Å². The highest BCUT2D eigenvalue weighted by atomic mass is 35.5. The molecule has 0 N–H and O–H groups in total. The SMILES string of the molecule is N#Cc1sc(N2CC3CCC2C3)nc1Cl. The second-order valence-corrected chi connectivity index (χ2v) is 5.55. The average molecular weight is 240 g/mol. The summed E-state index contributed by atoms with van der Waals surface area (Å²) in [4.78, 5) is 7.13. The van der Waals surface area contributed by atoms with E-state index in [1.54, 1.807) is 0 Å². The Bertz CT molecular complexity index is 436. The van der Waals surface area contributed by atoms with Crippen LogP contribution in [0.4, 0.5) is 5.13 Å². The number of hydrogen-bond acceptors (Lipinski definition) is 4. The lowest BCUT2D eigenvalue weighted by Crippen LogP contribution is -2.31. The number of nitriles is 1. The smallest absolute Gasteiger partial charge is 0.188 e. The molecule has 1 aromatic rings. The van der Waals surface area contributed by atoms with E-state index in [0.29, 0.717) is 16.1 Å². The van der Waals surface area contributed by atoms with Crippen molar-refractivity contribution >= 4 is 28.1 Å². The fourth-order valence-corrected chi connectivity index (χ4v) is 3.77. The van der Waals surface area contributed by atoms with Gasteiger partial charge < -0.3 is 4.90 Å². The summed E-state index contributed by atoms with van der Waals surface area (Å²) in [6.07, 6.45) is 3.91. The third kappa shape index (κ3) is 1.42. The van der Waals surface area contributed by atoms with E-state index >= 15 is 0 Å². The van der Waals surface area contributed by atoms with Gasteiger partial charge in [0.25, 0.3) is 0 Å². The Hall–Kier alpha value is -0.790. The quantitative estimate of drug-likeness (QED) is 0.757. The molecule has 0 amide bonds. The zero-order valence-electron chi connectivity index (χ0n) is 8.11. The molecule has 2 fully saturated rings. The Morgan fingerprint density at radius 1 is 1.53 bits per heavy atom. The second-order valence-electron chi connectivity index (χ2n) is 4.21. The largest absolute Gasteiger partial charge is 0.345 e. The first-order chi connectivity index (χ1) is 7.28. The molecule has 0 spiro atoms. The van der Waals surface area contributed by atoms with Gasteiger partial charge in [-0.1, -0.05) is 22.9 Å². The van der Waals surface area contributed by atoms with E-state index in [9.17, 15) is 0 Å². The summed E-state index contributed by atoms with van der Waals surface area (Å²) < 4.78 is 0. The molecule has 78 valence electrons. The molecule has 5 heteroatoms. The summed E-state index contributed by atoms with van der Waals surface area (Å²) in [5.41, 5.74) is 0. The van der Waals surface area contributed by atoms with Crippen LogP contribution < -0.4 is 4.90 Å². The van der Waals surface area contributed by atoms with E-state index in [1.165, 1.54) is 30.6 Å². The van der Waals surface area contributed by atoms with Gasteiger partial charge in [-0.3, -0.25) is 0 Å². The Morgan fingerprint density at radius 2 is 2.40 bits per heavy atom. The summed E-state index contributed by atoms with van der Waals surface area (Å²) in [6, 6.07) is 2.72. The number of fused-ring (bicyclic) bond motifs is 2. The maximum Gasteiger partial charge on any atom is 0.188 e. The van der Waals surface area contributed by atoms with Crippen LogP contribution in [0.25, 0.3) is 0 Å². The van der Waals surface area contributed by atoms with Gasteiger partial charge in [0.1, 0.15) is 10.9 Å². The van der Waals surface area contributed by atoms with Crippen LogP contribution in [0.5, 0.6) is 0 Å². The first-order valence-electron chi connectivity index (χ1n) is 5.11. The highest BCUT2D eigenvalue weighted by molar-refractivity contribution is 7.16. The molecule has 1 aromatic heterocycles. The van der Waals surface area contributed by atoms with Gasteiger partial charge in [-0.15, -0.1) is 0 Å². The lowest BCUT2D eigenvalue weighted by molar-refractivity contribution is 0.553. The fourth-order valence-electron chi connectivity index (χ4n) is 2.64. The summed E-state index contributed by atoms with van der Waals surface area (Å²) in [5, 5.41) is 10.1. The molecule has 2 atom stereocenters. The fraction of sp³-hybridized carbons (Fsp3) is 0.600. The van der Waals surface area contributed by atoms with Crippen LogP contribution in [-0.2, 0) is 0 Å². The Morgan fingerprint density at radius 3 is 2.93 bits per heavy atom. The predicted molar refractivity (Wildman–Crippen MR) is 60.3 cm³/mol. The summed E-state index contributed by atoms with van der Waals surface area (Å²) in [6.45, 7) is 1.10. The van der Waals surface area contributed by atoms with Gasteiger partial charge in [0.05, 0.1) is 0 Å². The maximum atomic E-state index is 8.82. The number of hydrogen-bond donors (Lipinski definition) is 0. The van der Waals surface area contributed by atoms with Gasteiger partial charge in [-0.25, -0.2) is 4.98 Å². The zero-order valence-corrected chi connectivity index (χ0v) is 9.68. The molecule has 1 saturated heterocycles. The van der Waals surface area contributed by atoms with Gasteiger partial charge in [0, 0.05) is 12.6 Å². The van der Waals surface area contributed by atoms with E-state index < -0.39 is 0 Å². The second kappa shape index (κ2) is 3.36. The minimum Gasteiger partial charge on any atom is -0.345 e. The number of nitrogens with zero attached hydrogens (tertiary/aromatic N) is 3. The van der Waals surface area contributed by atoms with Gasteiger partial charge in [0.15, 0.2) is 10.3 Å². The number of halogens is 1. The minimum atomic E-state index is 0.361. The molecule has 3 rings (SSSR count). The highest BCUT2D eigenvalue weighted by Gasteiger charge is 2.39. The van der Waals surface area contributed by atoms with Gasteiger partial charge >= 0.3 is 0 Å². The monoisotopic (exact) mass is 239 g/mol. The van der Waals surface area contributed by atoms with Crippen molar-refractivity contribution in [3.63, 3.8) is 0 Å². The van der Waals surface area contributed by atoms with Gasteiger partial charge in [0.2, 0.25) is 0 Å². The molecular formula is C10H10ClN3S. The molecule has 2 bridgehead atoms. The van der Waals surface area contributed by atoms with E-state index in [1.807, 2.05) is 0 Å². The molecule has 2 heterocycles. The molecule has 0 radical (unpaired) electrons. The van der Waals surface area contributed by atoms with Crippen LogP contribution in [0.15, 0.2) is 0 Å². The number of thiazole rings is 1. The van der Waals surface area contributed by atoms with Crippen LogP contribution in [0, 0.1) is 17.2 Å². The molecule has 1 aliphatic carbocycles. The minimum absolute atomic E-state index is 0.361. The Balaban J connectivity index is 1.91. The van der Waals surface area contributed by atoms with Crippen LogP contribution in [0.3, 0.4) is 0 Å². The molecule has 2 unspecified atom stereocenters. The summed E-state index contributed by atoms with van der Waals surface area (Å²) in [7, 11) is 0. The number of aromatic nitrogens is 1. The molecule has 1 aliphatic heterocycles. The normalized spacial score (nSPS) is 28.4. The lowest BCUT2D eigenvalue weighted by Gasteiger charge is -2.25. The number of anilines is 1. The topological polar surface area (TPSA) is 39.9 Å². The van der Waals surface area contributed by atoms with Crippen molar-refractivity contribution in [3.05, 3.63) is 10.0 Å². The zero-order chi connectivity index (χ0) is 10.4. The highest BCUT2D eigenvalue weighted by Crippen LogP contribution is 2.42. The standard InChI is InChI=1S/C10H10ClN3S/c11-9-8(4-12)15-10(13-9)14-5-6-1-2-7(14)3-6/h6-7H,1-3,5H2. The van der Waals surface area contributed by atoms with Crippen molar-refractivity contribution in [1.82, 2.24) is 4.98 Å². The van der Waals surface area contributed by atoms with Crippen molar-refractivity contribution < 1.29 is 0 Å². The van der Waals surface area contributed by atoms with Crippen molar-refractivity contribution in [2.45, 2.75) is 25.3 Å².